The average molecular weight is 464 g/mol. The fraction of sp³-hybridized carbons (Fsp3) is 0.409. The average Bonchev–Trinajstić information content (AvgIpc) is 2.96. The first-order chi connectivity index (χ1) is 14.5. The van der Waals surface area contributed by atoms with Crippen LogP contribution in [0.15, 0.2) is 63.3 Å². The molecule has 7 nitrogen and oxygen atoms in total. The summed E-state index contributed by atoms with van der Waals surface area (Å²) in [6, 6.07) is 12.4. The van der Waals surface area contributed by atoms with E-state index in [0.717, 1.165) is 24.8 Å². The van der Waals surface area contributed by atoms with Crippen molar-refractivity contribution in [2.24, 2.45) is 4.99 Å². The van der Waals surface area contributed by atoms with Crippen LogP contribution in [0.5, 0.6) is 0 Å². The van der Waals surface area contributed by atoms with Gasteiger partial charge in [-0.15, -0.1) is 0 Å². The number of hydrogen-bond acceptors (Lipinski definition) is 5. The van der Waals surface area contributed by atoms with Crippen LogP contribution in [-0.2, 0) is 25.5 Å². The van der Waals surface area contributed by atoms with Crippen LogP contribution in [0.2, 0.25) is 0 Å². The van der Waals surface area contributed by atoms with Crippen molar-refractivity contribution >= 4 is 31.6 Å². The van der Waals surface area contributed by atoms with Crippen LogP contribution in [0.4, 0.5) is 5.69 Å². The fourth-order valence-electron chi connectivity index (χ4n) is 3.22. The Hall–Kier alpha value is -2.39. The Kier molecular flexibility index (Phi) is 6.76. The molecule has 0 bridgehead atoms. The summed E-state index contributed by atoms with van der Waals surface area (Å²) in [5.41, 5.74) is 1.24. The van der Waals surface area contributed by atoms with Gasteiger partial charge >= 0.3 is 0 Å². The molecule has 0 atom stereocenters. The van der Waals surface area contributed by atoms with Gasteiger partial charge in [-0.25, -0.2) is 16.8 Å². The van der Waals surface area contributed by atoms with Gasteiger partial charge in [0.1, 0.15) is 5.84 Å². The highest BCUT2D eigenvalue weighted by molar-refractivity contribution is 7.92. The predicted molar refractivity (Wildman–Crippen MR) is 123 cm³/mol. The molecule has 1 aliphatic heterocycles. The Morgan fingerprint density at radius 3 is 1.87 bits per heavy atom. The van der Waals surface area contributed by atoms with E-state index in [2.05, 4.69) is 35.2 Å². The van der Waals surface area contributed by atoms with Gasteiger partial charge in [-0.2, -0.15) is 0 Å². The van der Waals surface area contributed by atoms with Gasteiger partial charge in [0, 0.05) is 18.7 Å². The van der Waals surface area contributed by atoms with E-state index in [4.69, 9.17) is 0 Å². The van der Waals surface area contributed by atoms with Crippen LogP contribution >= 0.6 is 0 Å². The maximum Gasteiger partial charge on any atom is 0.262 e. The molecule has 3 rings (SSSR count). The van der Waals surface area contributed by atoms with Crippen LogP contribution in [0.25, 0.3) is 0 Å². The van der Waals surface area contributed by atoms with Crippen LogP contribution in [0.3, 0.4) is 0 Å². The lowest BCUT2D eigenvalue weighted by Gasteiger charge is -2.19. The second-order valence-corrected chi connectivity index (χ2v) is 12.0. The minimum atomic E-state index is -3.78. The zero-order chi connectivity index (χ0) is 22.7. The number of rotatable bonds is 5. The van der Waals surface area contributed by atoms with Gasteiger partial charge in [0.05, 0.1) is 9.79 Å². The molecule has 0 amide bonds. The van der Waals surface area contributed by atoms with Crippen molar-refractivity contribution in [1.29, 1.82) is 0 Å². The van der Waals surface area contributed by atoms with E-state index in [0.29, 0.717) is 18.8 Å². The number of amidine groups is 1. The van der Waals surface area contributed by atoms with Crippen LogP contribution in [0, 0.1) is 0 Å². The van der Waals surface area contributed by atoms with Gasteiger partial charge in [0.15, 0.2) is 0 Å². The first kappa shape index (κ1) is 23.3. The monoisotopic (exact) mass is 463 g/mol. The molecular weight excluding hydrogens is 434 g/mol. The van der Waals surface area contributed by atoms with E-state index in [1.807, 2.05) is 0 Å². The third-order valence-corrected chi connectivity index (χ3v) is 7.87. The number of nitrogens with zero attached hydrogens (tertiary/aromatic N) is 1. The Balaban J connectivity index is 1.73. The summed E-state index contributed by atoms with van der Waals surface area (Å²) in [5.74, 6) is 0.473. The van der Waals surface area contributed by atoms with Gasteiger partial charge in [0.2, 0.25) is 0 Å². The molecule has 1 heterocycles. The summed E-state index contributed by atoms with van der Waals surface area (Å²) >= 11 is 0. The Morgan fingerprint density at radius 2 is 1.29 bits per heavy atom. The molecule has 0 unspecified atom stereocenters. The minimum Gasteiger partial charge on any atom is -0.280 e. The SMILES string of the molecule is CC(C)(C)c1ccc(S(=O)(=O)Nc2ccc(S(=O)(=O)NC3=NCCCCC3)cc2)cc1. The van der Waals surface area contributed by atoms with E-state index in [1.54, 1.807) is 24.3 Å². The van der Waals surface area contributed by atoms with Crippen LogP contribution in [0.1, 0.15) is 52.0 Å². The molecule has 2 aromatic carbocycles. The van der Waals surface area contributed by atoms with Gasteiger partial charge < -0.3 is 0 Å². The summed E-state index contributed by atoms with van der Waals surface area (Å²) in [5, 5.41) is 0. The summed E-state index contributed by atoms with van der Waals surface area (Å²) in [4.78, 5) is 4.49. The standard InChI is InChI=1S/C22H29N3O4S2/c1-22(2,3)17-8-12-19(13-9-17)30(26,27)24-18-10-14-20(15-11-18)31(28,29)25-21-7-5-4-6-16-23-21/h8-15,24H,4-7,16H2,1-3H3,(H,23,25). The first-order valence-corrected chi connectivity index (χ1v) is 13.2. The van der Waals surface area contributed by atoms with Crippen molar-refractivity contribution in [2.75, 3.05) is 11.3 Å². The maximum absolute atomic E-state index is 12.7. The van der Waals surface area contributed by atoms with Crippen molar-refractivity contribution in [1.82, 2.24) is 4.72 Å². The zero-order valence-corrected chi connectivity index (χ0v) is 19.7. The highest BCUT2D eigenvalue weighted by Crippen LogP contribution is 2.24. The molecule has 2 N–H and O–H groups in total. The lowest BCUT2D eigenvalue weighted by Crippen LogP contribution is -2.30. The summed E-state index contributed by atoms with van der Waals surface area (Å²) < 4.78 is 55.6. The fourth-order valence-corrected chi connectivity index (χ4v) is 5.37. The lowest BCUT2D eigenvalue weighted by atomic mass is 9.87. The number of nitrogens with one attached hydrogen (secondary N) is 2. The highest BCUT2D eigenvalue weighted by atomic mass is 32.2. The summed E-state index contributed by atoms with van der Waals surface area (Å²) in [6.07, 6.45) is 3.49. The molecule has 0 radical (unpaired) electrons. The molecule has 0 saturated heterocycles. The number of aliphatic imine (C=N–C) groups is 1. The molecular formula is C22H29N3O4S2. The van der Waals surface area contributed by atoms with E-state index >= 15 is 0 Å². The maximum atomic E-state index is 12.7. The van der Waals surface area contributed by atoms with Gasteiger partial charge in [-0.1, -0.05) is 39.3 Å². The first-order valence-electron chi connectivity index (χ1n) is 10.3. The molecule has 1 aliphatic rings. The third-order valence-electron chi connectivity index (χ3n) is 5.07. The van der Waals surface area contributed by atoms with E-state index in [1.165, 1.54) is 24.3 Å². The van der Waals surface area contributed by atoms with E-state index < -0.39 is 20.0 Å². The van der Waals surface area contributed by atoms with Crippen molar-refractivity contribution in [3.8, 4) is 0 Å². The van der Waals surface area contributed by atoms with Crippen molar-refractivity contribution < 1.29 is 16.8 Å². The zero-order valence-electron chi connectivity index (χ0n) is 18.1. The van der Waals surface area contributed by atoms with Crippen LogP contribution in [-0.4, -0.2) is 29.2 Å². The Labute approximate surface area is 185 Å². The molecule has 2 aromatic rings. The topological polar surface area (TPSA) is 105 Å². The normalized spacial score (nSPS) is 15.6. The second kappa shape index (κ2) is 9.00. The quantitative estimate of drug-likeness (QED) is 0.698. The molecule has 31 heavy (non-hydrogen) atoms. The Morgan fingerprint density at radius 1 is 0.742 bits per heavy atom. The van der Waals surface area contributed by atoms with Gasteiger partial charge in [0.25, 0.3) is 20.0 Å². The predicted octanol–water partition coefficient (Wildman–Crippen LogP) is 4.04. The molecule has 9 heteroatoms. The van der Waals surface area contributed by atoms with Gasteiger partial charge in [-0.05, 0) is 60.2 Å². The number of benzene rings is 2. The van der Waals surface area contributed by atoms with E-state index in [9.17, 15) is 16.8 Å². The second-order valence-electron chi connectivity index (χ2n) is 8.65. The minimum absolute atomic E-state index is 0.0527. The number of hydrogen-bond donors (Lipinski definition) is 2. The molecule has 0 spiro atoms. The molecule has 0 aliphatic carbocycles. The highest BCUT2D eigenvalue weighted by Gasteiger charge is 2.20. The van der Waals surface area contributed by atoms with Gasteiger partial charge in [-0.3, -0.25) is 14.4 Å². The van der Waals surface area contributed by atoms with Crippen LogP contribution < -0.4 is 9.44 Å². The molecule has 0 aromatic heterocycles. The summed E-state index contributed by atoms with van der Waals surface area (Å²) in [6.45, 7) is 6.79. The molecule has 0 fully saturated rings. The smallest absolute Gasteiger partial charge is 0.262 e. The van der Waals surface area contributed by atoms with E-state index in [-0.39, 0.29) is 20.9 Å². The lowest BCUT2D eigenvalue weighted by molar-refractivity contribution is 0.587. The molecule has 168 valence electrons. The number of anilines is 1. The molecule has 0 saturated carbocycles. The van der Waals surface area contributed by atoms with Crippen molar-refractivity contribution in [3.05, 3.63) is 54.1 Å². The third kappa shape index (κ3) is 6.07. The largest absolute Gasteiger partial charge is 0.280 e. The summed E-state index contributed by atoms with van der Waals surface area (Å²) in [7, 11) is -7.55. The van der Waals surface area contributed by atoms with Crippen molar-refractivity contribution in [2.45, 2.75) is 61.7 Å². The Bertz CT molecular complexity index is 1150. The van der Waals surface area contributed by atoms with Crippen molar-refractivity contribution in [3.63, 3.8) is 0 Å². The number of sulfonamides is 2.